The SMILES string of the molecule is CO[Si](OC)(C1CCCC1C)N1CCCC2CCCCC21. The van der Waals surface area contributed by atoms with E-state index in [0.29, 0.717) is 5.54 Å². The predicted octanol–water partition coefficient (Wildman–Crippen LogP) is 4.06. The van der Waals surface area contributed by atoms with Gasteiger partial charge in [-0.2, -0.15) is 0 Å². The van der Waals surface area contributed by atoms with Gasteiger partial charge < -0.3 is 8.85 Å². The van der Waals surface area contributed by atoms with Crippen LogP contribution in [0.3, 0.4) is 0 Å². The van der Waals surface area contributed by atoms with Crippen LogP contribution in [-0.4, -0.2) is 40.1 Å². The van der Waals surface area contributed by atoms with Gasteiger partial charge in [0.25, 0.3) is 0 Å². The van der Waals surface area contributed by atoms with Crippen molar-refractivity contribution in [3.8, 4) is 0 Å². The minimum Gasteiger partial charge on any atom is -0.386 e. The topological polar surface area (TPSA) is 21.7 Å². The second-order valence-electron chi connectivity index (χ2n) is 7.50. The first-order chi connectivity index (χ1) is 10.2. The van der Waals surface area contributed by atoms with Crippen molar-refractivity contribution in [2.75, 3.05) is 20.8 Å². The summed E-state index contributed by atoms with van der Waals surface area (Å²) in [6.07, 6.45) is 12.4. The first-order valence-corrected chi connectivity index (χ1v) is 10.9. The quantitative estimate of drug-likeness (QED) is 0.731. The van der Waals surface area contributed by atoms with Gasteiger partial charge in [-0.3, -0.25) is 4.57 Å². The molecule has 4 atom stereocenters. The van der Waals surface area contributed by atoms with E-state index in [-0.39, 0.29) is 0 Å². The largest absolute Gasteiger partial charge is 0.431 e. The van der Waals surface area contributed by atoms with Gasteiger partial charge in [-0.05, 0) is 50.5 Å². The summed E-state index contributed by atoms with van der Waals surface area (Å²) in [6.45, 7) is 3.62. The lowest BCUT2D eigenvalue weighted by atomic mass is 9.79. The van der Waals surface area contributed by atoms with Crippen LogP contribution in [-0.2, 0) is 8.85 Å². The molecule has 0 N–H and O–H groups in total. The van der Waals surface area contributed by atoms with Crippen LogP contribution in [0, 0.1) is 11.8 Å². The second kappa shape index (κ2) is 6.69. The molecule has 1 aliphatic heterocycles. The molecular weight excluding hydrogens is 278 g/mol. The summed E-state index contributed by atoms with van der Waals surface area (Å²) in [4.78, 5) is 0. The van der Waals surface area contributed by atoms with E-state index >= 15 is 0 Å². The molecule has 1 heterocycles. The van der Waals surface area contributed by atoms with E-state index in [2.05, 4.69) is 11.5 Å². The van der Waals surface area contributed by atoms with Crippen molar-refractivity contribution in [2.45, 2.75) is 76.3 Å². The molecule has 0 aromatic heterocycles. The zero-order valence-corrected chi connectivity index (χ0v) is 15.1. The highest BCUT2D eigenvalue weighted by Gasteiger charge is 2.57. The maximum atomic E-state index is 6.27. The molecule has 0 spiro atoms. The van der Waals surface area contributed by atoms with Gasteiger partial charge in [0.1, 0.15) is 0 Å². The Morgan fingerprint density at radius 2 is 1.57 bits per heavy atom. The Labute approximate surface area is 131 Å². The Morgan fingerprint density at radius 1 is 0.857 bits per heavy atom. The number of piperidine rings is 1. The van der Waals surface area contributed by atoms with E-state index in [0.717, 1.165) is 17.9 Å². The highest BCUT2D eigenvalue weighted by atomic mass is 28.4. The van der Waals surface area contributed by atoms with Gasteiger partial charge in [-0.1, -0.05) is 32.6 Å². The average Bonchev–Trinajstić information content (AvgIpc) is 2.96. The number of rotatable bonds is 4. The van der Waals surface area contributed by atoms with Crippen molar-refractivity contribution in [3.63, 3.8) is 0 Å². The van der Waals surface area contributed by atoms with Crippen LogP contribution in [0.2, 0.25) is 5.54 Å². The normalized spacial score (nSPS) is 38.4. The summed E-state index contributed by atoms with van der Waals surface area (Å²) in [5.41, 5.74) is 0.660. The fourth-order valence-corrected chi connectivity index (χ4v) is 9.93. The molecule has 3 rings (SSSR count). The fraction of sp³-hybridized carbons (Fsp3) is 1.00. The third kappa shape index (κ3) is 2.73. The van der Waals surface area contributed by atoms with E-state index < -0.39 is 8.72 Å². The maximum Gasteiger partial charge on any atom is 0.431 e. The van der Waals surface area contributed by atoms with Crippen molar-refractivity contribution in [1.29, 1.82) is 0 Å². The predicted molar refractivity (Wildman–Crippen MR) is 88.2 cm³/mol. The summed E-state index contributed by atoms with van der Waals surface area (Å²) in [7, 11) is 1.60. The number of hydrogen-bond donors (Lipinski definition) is 0. The molecule has 2 saturated carbocycles. The van der Waals surface area contributed by atoms with Crippen LogP contribution < -0.4 is 0 Å². The third-order valence-corrected chi connectivity index (χ3v) is 10.9. The molecule has 0 radical (unpaired) electrons. The molecule has 3 aliphatic rings. The van der Waals surface area contributed by atoms with Gasteiger partial charge in [0, 0.05) is 25.8 Å². The zero-order valence-electron chi connectivity index (χ0n) is 14.1. The molecule has 4 unspecified atom stereocenters. The van der Waals surface area contributed by atoms with Gasteiger partial charge >= 0.3 is 8.72 Å². The third-order valence-electron chi connectivity index (χ3n) is 6.56. The fourth-order valence-electron chi connectivity index (χ4n) is 5.53. The Morgan fingerprint density at radius 3 is 2.24 bits per heavy atom. The first-order valence-electron chi connectivity index (χ1n) is 9.10. The van der Waals surface area contributed by atoms with E-state index in [1.54, 1.807) is 0 Å². The molecular formula is C17H33NO2Si. The summed E-state index contributed by atoms with van der Waals surface area (Å²) in [6, 6.07) is 0.742. The number of nitrogens with zero attached hydrogens (tertiary/aromatic N) is 1. The molecule has 21 heavy (non-hydrogen) atoms. The summed E-state index contributed by atoms with van der Waals surface area (Å²) in [5.74, 6) is 1.67. The first kappa shape index (κ1) is 16.0. The van der Waals surface area contributed by atoms with Crippen molar-refractivity contribution in [1.82, 2.24) is 4.57 Å². The summed E-state index contributed by atoms with van der Waals surface area (Å²) in [5, 5.41) is 0. The van der Waals surface area contributed by atoms with Gasteiger partial charge in [-0.25, -0.2) is 0 Å². The van der Waals surface area contributed by atoms with E-state index in [4.69, 9.17) is 8.85 Å². The van der Waals surface area contributed by atoms with Crippen LogP contribution in [0.15, 0.2) is 0 Å². The monoisotopic (exact) mass is 311 g/mol. The second-order valence-corrected chi connectivity index (χ2v) is 10.9. The lowest BCUT2D eigenvalue weighted by Crippen LogP contribution is -2.67. The minimum atomic E-state index is -2.25. The molecule has 3 fully saturated rings. The van der Waals surface area contributed by atoms with Crippen LogP contribution >= 0.6 is 0 Å². The lowest BCUT2D eigenvalue weighted by Gasteiger charge is -2.52. The number of fused-ring (bicyclic) bond motifs is 1. The minimum absolute atomic E-state index is 0.660. The van der Waals surface area contributed by atoms with E-state index in [9.17, 15) is 0 Å². The van der Waals surface area contributed by atoms with Gasteiger partial charge in [0.15, 0.2) is 0 Å². The number of hydrogen-bond acceptors (Lipinski definition) is 3. The average molecular weight is 312 g/mol. The van der Waals surface area contributed by atoms with Crippen molar-refractivity contribution in [2.24, 2.45) is 11.8 Å². The van der Waals surface area contributed by atoms with Crippen molar-refractivity contribution in [3.05, 3.63) is 0 Å². The van der Waals surface area contributed by atoms with E-state index in [1.165, 1.54) is 64.3 Å². The molecule has 0 aromatic rings. The highest BCUT2D eigenvalue weighted by molar-refractivity contribution is 6.66. The summed E-state index contributed by atoms with van der Waals surface area (Å²) < 4.78 is 15.3. The Balaban J connectivity index is 1.88. The van der Waals surface area contributed by atoms with Gasteiger partial charge in [0.05, 0.1) is 0 Å². The maximum absolute atomic E-state index is 6.27. The van der Waals surface area contributed by atoms with Crippen LogP contribution in [0.25, 0.3) is 0 Å². The Kier molecular flexibility index (Phi) is 5.09. The molecule has 0 amide bonds. The highest BCUT2D eigenvalue weighted by Crippen LogP contribution is 2.48. The molecule has 0 bridgehead atoms. The van der Waals surface area contributed by atoms with Crippen molar-refractivity contribution < 1.29 is 8.85 Å². The van der Waals surface area contributed by atoms with Crippen molar-refractivity contribution >= 4 is 8.72 Å². The van der Waals surface area contributed by atoms with Crippen LogP contribution in [0.4, 0.5) is 0 Å². The molecule has 0 aromatic carbocycles. The van der Waals surface area contributed by atoms with Crippen LogP contribution in [0.5, 0.6) is 0 Å². The zero-order chi connectivity index (χ0) is 14.9. The van der Waals surface area contributed by atoms with Crippen LogP contribution in [0.1, 0.15) is 64.7 Å². The van der Waals surface area contributed by atoms with Gasteiger partial charge in [-0.15, -0.1) is 0 Å². The smallest absolute Gasteiger partial charge is 0.386 e. The van der Waals surface area contributed by atoms with Gasteiger partial charge in [0.2, 0.25) is 0 Å². The molecule has 3 nitrogen and oxygen atoms in total. The molecule has 122 valence electrons. The molecule has 1 saturated heterocycles. The summed E-state index contributed by atoms with van der Waals surface area (Å²) >= 11 is 0. The van der Waals surface area contributed by atoms with E-state index in [1.807, 2.05) is 14.2 Å². The Hall–Kier alpha value is 0.0969. The standard InChI is InChI=1S/C17H33NO2Si/c1-14-8-6-12-17(14)21(19-2,20-3)18-13-7-10-15-9-4-5-11-16(15)18/h14-17H,4-13H2,1-3H3. The molecule has 4 heteroatoms. The molecule has 2 aliphatic carbocycles. The Bertz CT molecular complexity index is 346. The lowest BCUT2D eigenvalue weighted by molar-refractivity contribution is 0.0518.